The number of amides is 2. The van der Waals surface area contributed by atoms with Gasteiger partial charge in [-0.3, -0.25) is 9.69 Å². The predicted octanol–water partition coefficient (Wildman–Crippen LogP) is 2.87. The van der Waals surface area contributed by atoms with Crippen LogP contribution in [0.5, 0.6) is 11.5 Å². The average Bonchev–Trinajstić information content (AvgIpc) is 3.35. The van der Waals surface area contributed by atoms with Crippen LogP contribution in [0.15, 0.2) is 54.9 Å². The van der Waals surface area contributed by atoms with Gasteiger partial charge in [-0.15, -0.1) is 5.10 Å². The molecule has 2 N–H and O–H groups in total. The maximum atomic E-state index is 12.7. The van der Waals surface area contributed by atoms with Gasteiger partial charge in [-0.1, -0.05) is 0 Å². The van der Waals surface area contributed by atoms with Crippen LogP contribution in [0.4, 0.5) is 4.79 Å². The average molecular weight is 407 g/mol. The van der Waals surface area contributed by atoms with Gasteiger partial charge in [0, 0.05) is 11.1 Å². The maximum absolute atomic E-state index is 12.7. The molecule has 1 saturated heterocycles. The van der Waals surface area contributed by atoms with Crippen LogP contribution in [0.25, 0.3) is 11.4 Å². The van der Waals surface area contributed by atoms with Crippen LogP contribution in [0, 0.1) is 0 Å². The van der Waals surface area contributed by atoms with E-state index in [1.54, 1.807) is 53.4 Å². The van der Waals surface area contributed by atoms with Crippen molar-refractivity contribution < 1.29 is 19.1 Å². The third-order valence-corrected chi connectivity index (χ3v) is 4.81. The van der Waals surface area contributed by atoms with E-state index in [0.717, 1.165) is 5.56 Å². The van der Waals surface area contributed by atoms with E-state index in [9.17, 15) is 9.59 Å². The molecule has 1 fully saturated rings. The Morgan fingerprint density at radius 2 is 1.70 bits per heavy atom. The summed E-state index contributed by atoms with van der Waals surface area (Å²) >= 11 is 0. The number of rotatable bonds is 4. The van der Waals surface area contributed by atoms with Gasteiger partial charge in [-0.2, -0.15) is 4.68 Å². The molecule has 2 amide bonds. The van der Waals surface area contributed by atoms with E-state index in [1.165, 1.54) is 11.0 Å². The van der Waals surface area contributed by atoms with Crippen LogP contribution in [-0.4, -0.2) is 50.5 Å². The lowest BCUT2D eigenvalue weighted by Crippen LogP contribution is -2.46. The molecular weight excluding hydrogens is 386 g/mol. The molecule has 2 aromatic carbocycles. The Morgan fingerprint density at radius 3 is 2.27 bits per heavy atom. The topological polar surface area (TPSA) is 113 Å². The van der Waals surface area contributed by atoms with Gasteiger partial charge in [0.05, 0.1) is 12.1 Å². The molecule has 0 atom stereocenters. The smallest absolute Gasteiger partial charge is 0.348 e. The molecule has 0 spiro atoms. The predicted molar refractivity (Wildman–Crippen MR) is 108 cm³/mol. The molecule has 0 aliphatic carbocycles. The summed E-state index contributed by atoms with van der Waals surface area (Å²) < 4.78 is 12.4. The van der Waals surface area contributed by atoms with Crippen LogP contribution >= 0.6 is 0 Å². The summed E-state index contributed by atoms with van der Waals surface area (Å²) in [6.07, 6.45) is 1.40. The van der Waals surface area contributed by atoms with Crippen LogP contribution in [0.1, 0.15) is 24.2 Å². The van der Waals surface area contributed by atoms with Gasteiger partial charge in [-0.25, -0.2) is 9.78 Å². The van der Waals surface area contributed by atoms with Gasteiger partial charge < -0.3 is 15.2 Å². The number of hydrogen-bond donors (Lipinski definition) is 1. The van der Waals surface area contributed by atoms with Crippen molar-refractivity contribution in [2.45, 2.75) is 19.4 Å². The third kappa shape index (κ3) is 3.87. The fourth-order valence-electron chi connectivity index (χ4n) is 3.06. The van der Waals surface area contributed by atoms with Crippen LogP contribution in [0.2, 0.25) is 0 Å². The maximum Gasteiger partial charge on any atom is 0.348 e. The second-order valence-corrected chi connectivity index (χ2v) is 7.53. The Balaban J connectivity index is 1.45. The summed E-state index contributed by atoms with van der Waals surface area (Å²) in [5.74, 6) is 1.13. The van der Waals surface area contributed by atoms with Crippen molar-refractivity contribution in [1.82, 2.24) is 19.7 Å². The van der Waals surface area contributed by atoms with Crippen molar-refractivity contribution in [3.8, 4) is 22.9 Å². The number of aromatic nitrogens is 3. The lowest BCUT2D eigenvalue weighted by molar-refractivity contribution is 0.1000. The molecule has 4 rings (SSSR count). The molecule has 0 bridgehead atoms. The Hall–Kier alpha value is -3.72. The third-order valence-electron chi connectivity index (χ3n) is 4.81. The first kappa shape index (κ1) is 19.6. The normalized spacial score (nSPS) is 15.2. The number of hydrogen-bond acceptors (Lipinski definition) is 6. The summed E-state index contributed by atoms with van der Waals surface area (Å²) in [6, 6.07) is 13.4. The Kier molecular flexibility index (Phi) is 4.96. The molecule has 9 heteroatoms. The first-order valence-electron chi connectivity index (χ1n) is 9.33. The Labute approximate surface area is 173 Å². The van der Waals surface area contributed by atoms with E-state index in [2.05, 4.69) is 10.1 Å². The summed E-state index contributed by atoms with van der Waals surface area (Å²) in [4.78, 5) is 29.7. The molecule has 1 aliphatic heterocycles. The fourth-order valence-corrected chi connectivity index (χ4v) is 3.06. The number of primary amides is 1. The van der Waals surface area contributed by atoms with Gasteiger partial charge in [0.25, 0.3) is 0 Å². The molecule has 9 nitrogen and oxygen atoms in total. The van der Waals surface area contributed by atoms with Crippen molar-refractivity contribution in [3.05, 3.63) is 60.4 Å². The molecule has 2 heterocycles. The van der Waals surface area contributed by atoms with E-state index >= 15 is 0 Å². The number of benzene rings is 2. The van der Waals surface area contributed by atoms with Gasteiger partial charge in [-0.05, 0) is 62.4 Å². The first-order chi connectivity index (χ1) is 14.3. The highest BCUT2D eigenvalue weighted by Crippen LogP contribution is 2.25. The zero-order chi connectivity index (χ0) is 21.3. The second-order valence-electron chi connectivity index (χ2n) is 7.53. The van der Waals surface area contributed by atoms with Crippen molar-refractivity contribution in [3.63, 3.8) is 0 Å². The van der Waals surface area contributed by atoms with Gasteiger partial charge in [0.15, 0.2) is 5.82 Å². The number of ether oxygens (including phenoxy) is 2. The number of nitrogens with two attached hydrogens (primary N) is 1. The zero-order valence-electron chi connectivity index (χ0n) is 16.6. The largest absolute Gasteiger partial charge is 0.457 e. The zero-order valence-corrected chi connectivity index (χ0v) is 16.6. The highest BCUT2D eigenvalue weighted by molar-refractivity contribution is 5.92. The summed E-state index contributed by atoms with van der Waals surface area (Å²) in [5, 5.41) is 4.30. The van der Waals surface area contributed by atoms with E-state index in [-0.39, 0.29) is 12.8 Å². The first-order valence-corrected chi connectivity index (χ1v) is 9.33. The standard InChI is InChI=1S/C21H21N5O4/c1-21(2)11-29-13-25(21)20(28)26-12-23-19(24-26)15-5-9-17(10-6-15)30-16-7-3-14(4-8-16)18(22)27/h3-10,12H,11,13H2,1-2H3,(H2,22,27). The molecule has 0 unspecified atom stereocenters. The Morgan fingerprint density at radius 1 is 1.07 bits per heavy atom. The monoisotopic (exact) mass is 407 g/mol. The van der Waals surface area contributed by atoms with Crippen molar-refractivity contribution in [1.29, 1.82) is 0 Å². The van der Waals surface area contributed by atoms with Crippen LogP contribution in [0.3, 0.4) is 0 Å². The number of carbonyl (C=O) groups excluding carboxylic acids is 2. The van der Waals surface area contributed by atoms with Crippen molar-refractivity contribution in [2.75, 3.05) is 13.3 Å². The number of carbonyl (C=O) groups is 2. The van der Waals surface area contributed by atoms with Gasteiger partial charge >= 0.3 is 6.03 Å². The minimum atomic E-state index is -0.489. The lowest BCUT2D eigenvalue weighted by atomic mass is 10.1. The van der Waals surface area contributed by atoms with Crippen molar-refractivity contribution >= 4 is 11.9 Å². The Bertz CT molecular complexity index is 1070. The minimum Gasteiger partial charge on any atom is -0.457 e. The minimum absolute atomic E-state index is 0.230. The molecular formula is C21H21N5O4. The quantitative estimate of drug-likeness (QED) is 0.712. The van der Waals surface area contributed by atoms with E-state index in [0.29, 0.717) is 29.5 Å². The van der Waals surface area contributed by atoms with E-state index in [4.69, 9.17) is 15.2 Å². The molecule has 1 aliphatic rings. The second kappa shape index (κ2) is 7.60. The lowest BCUT2D eigenvalue weighted by Gasteiger charge is -2.28. The molecule has 30 heavy (non-hydrogen) atoms. The van der Waals surface area contributed by atoms with Crippen LogP contribution in [-0.2, 0) is 4.74 Å². The highest BCUT2D eigenvalue weighted by atomic mass is 16.5. The van der Waals surface area contributed by atoms with Crippen molar-refractivity contribution in [2.24, 2.45) is 5.73 Å². The molecule has 154 valence electrons. The molecule has 1 aromatic heterocycles. The van der Waals surface area contributed by atoms with E-state index in [1.807, 2.05) is 13.8 Å². The van der Waals surface area contributed by atoms with Gasteiger partial charge in [0.2, 0.25) is 5.91 Å². The molecule has 0 radical (unpaired) electrons. The molecule has 3 aromatic rings. The fraction of sp³-hybridized carbons (Fsp3) is 0.238. The van der Waals surface area contributed by atoms with Gasteiger partial charge in [0.1, 0.15) is 24.6 Å². The molecule has 0 saturated carbocycles. The van der Waals surface area contributed by atoms with Crippen LogP contribution < -0.4 is 10.5 Å². The SMILES string of the molecule is CC1(C)COCN1C(=O)n1cnc(-c2ccc(Oc3ccc(C(N)=O)cc3)cc2)n1. The number of nitrogens with zero attached hydrogens (tertiary/aromatic N) is 4. The summed E-state index contributed by atoms with van der Waals surface area (Å²) in [6.45, 7) is 4.59. The summed E-state index contributed by atoms with van der Waals surface area (Å²) in [5.41, 5.74) is 6.00. The van der Waals surface area contributed by atoms with E-state index < -0.39 is 11.4 Å². The summed E-state index contributed by atoms with van der Waals surface area (Å²) in [7, 11) is 0. The highest BCUT2D eigenvalue weighted by Gasteiger charge is 2.37.